The summed E-state index contributed by atoms with van der Waals surface area (Å²) in [6.07, 6.45) is 3.48. The first-order chi connectivity index (χ1) is 8.21. The molecule has 1 saturated carbocycles. The molecule has 1 fully saturated rings. The minimum Gasteiger partial charge on any atom is -0.477 e. The number of nitrogens with one attached hydrogen (secondary N) is 1. The minimum atomic E-state index is -1.11. The SMILES string of the molecule is C/C=C(\NC(=O)C1C(C=C(C)C)C1(C)C)C(=O)O. The fourth-order valence-corrected chi connectivity index (χ4v) is 2.31. The van der Waals surface area contributed by atoms with Crippen LogP contribution in [0.1, 0.15) is 34.6 Å². The largest absolute Gasteiger partial charge is 0.477 e. The minimum absolute atomic E-state index is 0.0568. The van der Waals surface area contributed by atoms with Gasteiger partial charge in [0.15, 0.2) is 0 Å². The van der Waals surface area contributed by atoms with Crippen molar-refractivity contribution in [3.63, 3.8) is 0 Å². The maximum Gasteiger partial charge on any atom is 0.352 e. The number of carboxylic acids is 1. The van der Waals surface area contributed by atoms with Crippen LogP contribution >= 0.6 is 0 Å². The highest BCUT2D eigenvalue weighted by molar-refractivity contribution is 5.94. The van der Waals surface area contributed by atoms with Gasteiger partial charge in [0.1, 0.15) is 5.70 Å². The monoisotopic (exact) mass is 251 g/mol. The van der Waals surface area contributed by atoms with E-state index >= 15 is 0 Å². The number of hydrogen-bond donors (Lipinski definition) is 2. The van der Waals surface area contributed by atoms with Crippen molar-refractivity contribution in [2.24, 2.45) is 17.3 Å². The molecule has 0 radical (unpaired) electrons. The van der Waals surface area contributed by atoms with E-state index < -0.39 is 5.97 Å². The molecule has 0 bridgehead atoms. The summed E-state index contributed by atoms with van der Waals surface area (Å²) in [6.45, 7) is 9.64. The van der Waals surface area contributed by atoms with Crippen LogP contribution in [0.25, 0.3) is 0 Å². The maximum absolute atomic E-state index is 12.0. The Morgan fingerprint density at radius 1 is 1.28 bits per heavy atom. The standard InChI is InChI=1S/C14H21NO3/c1-6-10(13(17)18)15-12(16)11-9(7-8(2)3)14(11,4)5/h6-7,9,11H,1-5H3,(H,15,16)(H,17,18)/b10-6-. The molecular formula is C14H21NO3. The zero-order valence-electron chi connectivity index (χ0n) is 11.6. The Labute approximate surface area is 108 Å². The summed E-state index contributed by atoms with van der Waals surface area (Å²) >= 11 is 0. The maximum atomic E-state index is 12.0. The van der Waals surface area contributed by atoms with Crippen LogP contribution in [0.5, 0.6) is 0 Å². The van der Waals surface area contributed by atoms with Crippen LogP contribution in [0.2, 0.25) is 0 Å². The molecule has 18 heavy (non-hydrogen) atoms. The Morgan fingerprint density at radius 3 is 2.22 bits per heavy atom. The first-order valence-electron chi connectivity index (χ1n) is 6.07. The van der Waals surface area contributed by atoms with Gasteiger partial charge in [-0.1, -0.05) is 31.6 Å². The molecule has 0 aliphatic heterocycles. The predicted octanol–water partition coefficient (Wildman–Crippen LogP) is 2.33. The first kappa shape index (κ1) is 14.5. The number of rotatable bonds is 4. The van der Waals surface area contributed by atoms with E-state index in [4.69, 9.17) is 5.11 Å². The van der Waals surface area contributed by atoms with Crippen molar-refractivity contribution in [3.8, 4) is 0 Å². The fourth-order valence-electron chi connectivity index (χ4n) is 2.31. The quantitative estimate of drug-likeness (QED) is 0.595. The molecule has 4 heteroatoms. The molecule has 0 aromatic heterocycles. The van der Waals surface area contributed by atoms with E-state index in [9.17, 15) is 9.59 Å². The lowest BCUT2D eigenvalue weighted by Gasteiger charge is -2.05. The molecule has 100 valence electrons. The Kier molecular flexibility index (Phi) is 3.99. The van der Waals surface area contributed by atoms with Gasteiger partial charge >= 0.3 is 5.97 Å². The van der Waals surface area contributed by atoms with Crippen molar-refractivity contribution in [2.45, 2.75) is 34.6 Å². The second kappa shape index (κ2) is 4.96. The third-order valence-electron chi connectivity index (χ3n) is 3.48. The molecule has 1 amide bonds. The van der Waals surface area contributed by atoms with Gasteiger partial charge in [0, 0.05) is 0 Å². The molecule has 1 aliphatic rings. The number of carboxylic acid groups (broad SMARTS) is 1. The van der Waals surface area contributed by atoms with Crippen LogP contribution in [0, 0.1) is 17.3 Å². The zero-order chi connectivity index (χ0) is 14.1. The van der Waals surface area contributed by atoms with Crippen molar-refractivity contribution >= 4 is 11.9 Å². The number of amides is 1. The van der Waals surface area contributed by atoms with E-state index in [2.05, 4.69) is 11.4 Å². The summed E-state index contributed by atoms with van der Waals surface area (Å²) in [4.78, 5) is 22.9. The number of carbonyl (C=O) groups excluding carboxylic acids is 1. The van der Waals surface area contributed by atoms with Crippen LogP contribution in [-0.2, 0) is 9.59 Å². The molecule has 0 heterocycles. The van der Waals surface area contributed by atoms with Crippen LogP contribution < -0.4 is 5.32 Å². The Balaban J connectivity index is 2.76. The van der Waals surface area contributed by atoms with Gasteiger partial charge < -0.3 is 10.4 Å². The molecule has 0 aromatic carbocycles. The van der Waals surface area contributed by atoms with Crippen LogP contribution in [-0.4, -0.2) is 17.0 Å². The molecule has 2 unspecified atom stereocenters. The molecule has 0 aromatic rings. The lowest BCUT2D eigenvalue weighted by Crippen LogP contribution is -2.29. The van der Waals surface area contributed by atoms with E-state index in [-0.39, 0.29) is 28.9 Å². The number of allylic oxidation sites excluding steroid dienone is 3. The second-order valence-corrected chi connectivity index (χ2v) is 5.57. The zero-order valence-corrected chi connectivity index (χ0v) is 11.6. The van der Waals surface area contributed by atoms with Crippen molar-refractivity contribution in [1.82, 2.24) is 5.32 Å². The highest BCUT2D eigenvalue weighted by atomic mass is 16.4. The third-order valence-corrected chi connectivity index (χ3v) is 3.48. The van der Waals surface area contributed by atoms with Crippen molar-refractivity contribution < 1.29 is 14.7 Å². The van der Waals surface area contributed by atoms with Gasteiger partial charge in [-0.15, -0.1) is 0 Å². The predicted molar refractivity (Wildman–Crippen MR) is 69.7 cm³/mol. The van der Waals surface area contributed by atoms with E-state index in [1.165, 1.54) is 11.6 Å². The van der Waals surface area contributed by atoms with Gasteiger partial charge in [-0.3, -0.25) is 4.79 Å². The fraction of sp³-hybridized carbons (Fsp3) is 0.571. The number of hydrogen-bond acceptors (Lipinski definition) is 2. The van der Waals surface area contributed by atoms with Crippen LogP contribution in [0.3, 0.4) is 0 Å². The van der Waals surface area contributed by atoms with Crippen LogP contribution in [0.4, 0.5) is 0 Å². The Bertz CT molecular complexity index is 428. The van der Waals surface area contributed by atoms with E-state index in [0.717, 1.165) is 0 Å². The molecule has 1 rings (SSSR count). The van der Waals surface area contributed by atoms with Crippen molar-refractivity contribution in [2.75, 3.05) is 0 Å². The lowest BCUT2D eigenvalue weighted by atomic mass is 10.1. The molecule has 0 spiro atoms. The topological polar surface area (TPSA) is 66.4 Å². The summed E-state index contributed by atoms with van der Waals surface area (Å²) in [5.41, 5.74) is 1.02. The van der Waals surface area contributed by atoms with Crippen molar-refractivity contribution in [1.29, 1.82) is 0 Å². The molecule has 4 nitrogen and oxygen atoms in total. The summed E-state index contributed by atoms with van der Waals surface area (Å²) in [5, 5.41) is 11.4. The van der Waals surface area contributed by atoms with E-state index in [1.54, 1.807) is 6.92 Å². The van der Waals surface area contributed by atoms with Gasteiger partial charge in [0.05, 0.1) is 5.92 Å². The summed E-state index contributed by atoms with van der Waals surface area (Å²) in [5.74, 6) is -1.28. The molecular weight excluding hydrogens is 230 g/mol. The van der Waals surface area contributed by atoms with Crippen LogP contribution in [0.15, 0.2) is 23.4 Å². The number of aliphatic carboxylic acids is 1. The smallest absolute Gasteiger partial charge is 0.352 e. The summed E-state index contributed by atoms with van der Waals surface area (Å²) in [6, 6.07) is 0. The highest BCUT2D eigenvalue weighted by Gasteiger charge is 2.60. The lowest BCUT2D eigenvalue weighted by molar-refractivity contribution is -0.135. The van der Waals surface area contributed by atoms with Crippen molar-refractivity contribution in [3.05, 3.63) is 23.4 Å². The Hall–Kier alpha value is -1.58. The van der Waals surface area contributed by atoms with Gasteiger partial charge in [0.25, 0.3) is 0 Å². The average molecular weight is 251 g/mol. The molecule has 2 N–H and O–H groups in total. The summed E-state index contributed by atoms with van der Waals surface area (Å²) in [7, 11) is 0. The van der Waals surface area contributed by atoms with Gasteiger partial charge in [0.2, 0.25) is 5.91 Å². The van der Waals surface area contributed by atoms with E-state index in [0.29, 0.717) is 0 Å². The van der Waals surface area contributed by atoms with Gasteiger partial charge in [-0.2, -0.15) is 0 Å². The number of carbonyl (C=O) groups is 2. The normalized spacial score (nSPS) is 25.3. The summed E-state index contributed by atoms with van der Waals surface area (Å²) < 4.78 is 0. The molecule has 1 aliphatic carbocycles. The third kappa shape index (κ3) is 2.81. The van der Waals surface area contributed by atoms with E-state index in [1.807, 2.05) is 27.7 Å². The second-order valence-electron chi connectivity index (χ2n) is 5.57. The average Bonchev–Trinajstić information content (AvgIpc) is 2.75. The molecule has 2 atom stereocenters. The first-order valence-corrected chi connectivity index (χ1v) is 6.07. The van der Waals surface area contributed by atoms with Gasteiger partial charge in [-0.05, 0) is 32.1 Å². The highest BCUT2D eigenvalue weighted by Crippen LogP contribution is 2.59. The Morgan fingerprint density at radius 2 is 1.83 bits per heavy atom. The molecule has 0 saturated heterocycles. The van der Waals surface area contributed by atoms with Gasteiger partial charge in [-0.25, -0.2) is 4.79 Å².